The Balaban J connectivity index is 1.55. The fourth-order valence-electron chi connectivity index (χ4n) is 7.83. The van der Waals surface area contributed by atoms with Crippen LogP contribution in [0.2, 0.25) is 0 Å². The minimum atomic E-state index is -0.616. The number of likely N-dealkylation sites (N-methyl/N-ethyl adjacent to an activating group) is 1. The molecule has 2 atom stereocenters. The van der Waals surface area contributed by atoms with Crippen molar-refractivity contribution in [2.45, 2.75) is 93.1 Å². The number of anilines is 1. The maximum atomic E-state index is 14.2. The molecular formula is C43H57N7O5. The molecule has 1 amide bonds. The molecule has 3 aromatic rings. The van der Waals surface area contributed by atoms with Gasteiger partial charge in [0.15, 0.2) is 17.5 Å². The Labute approximate surface area is 326 Å². The molecule has 1 aliphatic carbocycles. The standard InChI is InChI=1S/C43H57N7O5/c1-11-14-20-49(21-15-12-2)36(51)26-48(13-3)31-16-18-34(28(5)24-31)45-42-38(44-8)37(43(52)55-39-29(6)22-27(4)23-30(39)7)41-46-40(47-50(41)42)33-25-32(53-9)17-19-35(33)54-10/h16-19,24-25,27,29-30,39H,11-15,20-23,26H2,1-7,9-10H3/b45-42+. The second-order valence-corrected chi connectivity index (χ2v) is 15.0. The number of fused-ring (bicyclic) bond motifs is 1. The van der Waals surface area contributed by atoms with Crippen LogP contribution in [-0.2, 0) is 14.3 Å². The van der Waals surface area contributed by atoms with Gasteiger partial charge in [0, 0.05) is 25.3 Å². The summed E-state index contributed by atoms with van der Waals surface area (Å²) in [5.74, 6) is 2.12. The number of rotatable bonds is 16. The Bertz CT molecular complexity index is 1940. The Hall–Kier alpha value is -5.18. The maximum Gasteiger partial charge on any atom is 0.331 e. The van der Waals surface area contributed by atoms with Crippen LogP contribution in [0, 0.1) is 31.2 Å². The molecule has 294 valence electrons. The number of nitrogens with zero attached hydrogens (tertiary/aromatic N) is 7. The van der Waals surface area contributed by atoms with Gasteiger partial charge >= 0.3 is 5.97 Å². The normalized spacial score (nSPS) is 19.9. The molecule has 2 unspecified atom stereocenters. The fraction of sp³-hybridized carbons (Fsp3) is 0.535. The van der Waals surface area contributed by atoms with Crippen molar-refractivity contribution in [3.63, 3.8) is 0 Å². The predicted octanol–water partition coefficient (Wildman–Crippen LogP) is 8.36. The highest BCUT2D eigenvalue weighted by Crippen LogP contribution is 2.39. The molecule has 2 aliphatic rings. The molecule has 12 heteroatoms. The summed E-state index contributed by atoms with van der Waals surface area (Å²) >= 11 is 0. The second kappa shape index (κ2) is 18.4. The van der Waals surface area contributed by atoms with Gasteiger partial charge in [-0.2, -0.15) is 0 Å². The summed E-state index contributed by atoms with van der Waals surface area (Å²) in [6.07, 6.45) is 5.64. The number of carbonyl (C=O) groups is 2. The molecule has 0 N–H and O–H groups in total. The van der Waals surface area contributed by atoms with E-state index >= 15 is 0 Å². The zero-order chi connectivity index (χ0) is 39.8. The van der Waals surface area contributed by atoms with Crippen LogP contribution >= 0.6 is 0 Å². The minimum Gasteiger partial charge on any atom is -0.497 e. The van der Waals surface area contributed by atoms with E-state index in [-0.39, 0.29) is 59.1 Å². The summed E-state index contributed by atoms with van der Waals surface area (Å²) < 4.78 is 18.8. The quantitative estimate of drug-likeness (QED) is 0.106. The van der Waals surface area contributed by atoms with Gasteiger partial charge in [-0.25, -0.2) is 24.3 Å². The molecule has 5 rings (SSSR count). The van der Waals surface area contributed by atoms with Gasteiger partial charge in [-0.3, -0.25) is 4.79 Å². The first-order valence-corrected chi connectivity index (χ1v) is 19.7. The molecule has 55 heavy (non-hydrogen) atoms. The largest absolute Gasteiger partial charge is 0.497 e. The first kappa shape index (κ1) is 41.0. The van der Waals surface area contributed by atoms with Gasteiger partial charge in [0.25, 0.3) is 0 Å². The SMILES string of the molecule is [C-]#[N+]C1=C(C(=O)OC2C(C)CC(C)CC2C)c2nc(-c3cc(OC)ccc3OC)nn2/C1=N/c1ccc(N(CC)CC(=O)N(CCCC)CCCC)cc1C. The average molecular weight is 752 g/mol. The van der Waals surface area contributed by atoms with Crippen LogP contribution in [0.4, 0.5) is 11.4 Å². The van der Waals surface area contributed by atoms with Crippen LogP contribution in [0.5, 0.6) is 11.5 Å². The topological polar surface area (TPSA) is 116 Å². The number of aryl methyl sites for hydroxylation is 1. The van der Waals surface area contributed by atoms with E-state index in [1.54, 1.807) is 32.4 Å². The van der Waals surface area contributed by atoms with Gasteiger partial charge < -0.3 is 24.0 Å². The molecular weight excluding hydrogens is 695 g/mol. The molecule has 12 nitrogen and oxygen atoms in total. The van der Waals surface area contributed by atoms with Gasteiger partial charge in [0.2, 0.25) is 11.6 Å². The molecule has 0 bridgehead atoms. The molecule has 1 saturated carbocycles. The maximum absolute atomic E-state index is 14.2. The average Bonchev–Trinajstić information content (AvgIpc) is 3.72. The van der Waals surface area contributed by atoms with E-state index in [1.165, 1.54) is 4.68 Å². The van der Waals surface area contributed by atoms with Crippen LogP contribution in [0.1, 0.15) is 91.5 Å². The summed E-state index contributed by atoms with van der Waals surface area (Å²) in [6.45, 7) is 25.5. The Morgan fingerprint density at radius 1 is 0.982 bits per heavy atom. The lowest BCUT2D eigenvalue weighted by molar-refractivity contribution is -0.150. The van der Waals surface area contributed by atoms with E-state index in [4.69, 9.17) is 35.9 Å². The van der Waals surface area contributed by atoms with Crippen molar-refractivity contribution >= 4 is 34.7 Å². The number of ether oxygens (including phenoxy) is 3. The lowest BCUT2D eigenvalue weighted by Gasteiger charge is -2.37. The number of carbonyl (C=O) groups excluding carboxylic acids is 2. The molecule has 0 saturated heterocycles. The summed E-state index contributed by atoms with van der Waals surface area (Å²) in [6, 6.07) is 11.1. The van der Waals surface area contributed by atoms with Crippen LogP contribution in [0.25, 0.3) is 21.8 Å². The molecule has 0 radical (unpaired) electrons. The minimum absolute atomic E-state index is 0.0251. The van der Waals surface area contributed by atoms with Crippen molar-refractivity contribution in [1.82, 2.24) is 19.7 Å². The van der Waals surface area contributed by atoms with Gasteiger partial charge in [-0.05, 0) is 99.2 Å². The van der Waals surface area contributed by atoms with Crippen LogP contribution in [0.15, 0.2) is 47.1 Å². The lowest BCUT2D eigenvalue weighted by Crippen LogP contribution is -2.41. The molecule has 1 aliphatic heterocycles. The number of aromatic nitrogens is 3. The van der Waals surface area contributed by atoms with E-state index in [1.807, 2.05) is 36.9 Å². The Morgan fingerprint density at radius 3 is 2.25 bits per heavy atom. The van der Waals surface area contributed by atoms with Crippen molar-refractivity contribution in [3.8, 4) is 22.9 Å². The van der Waals surface area contributed by atoms with Gasteiger partial charge in [0.1, 0.15) is 23.2 Å². The van der Waals surface area contributed by atoms with Crippen molar-refractivity contribution in [2.24, 2.45) is 22.7 Å². The van der Waals surface area contributed by atoms with Gasteiger partial charge in [-0.15, -0.1) is 5.10 Å². The number of hydrogen-bond acceptors (Lipinski definition) is 9. The highest BCUT2D eigenvalue weighted by atomic mass is 16.5. The van der Waals surface area contributed by atoms with Crippen molar-refractivity contribution in [1.29, 1.82) is 0 Å². The van der Waals surface area contributed by atoms with E-state index in [2.05, 4.69) is 44.4 Å². The molecule has 2 aromatic carbocycles. The summed E-state index contributed by atoms with van der Waals surface area (Å²) in [4.78, 5) is 45.4. The van der Waals surface area contributed by atoms with Crippen LogP contribution in [-0.4, -0.2) is 83.9 Å². The first-order valence-electron chi connectivity index (χ1n) is 19.7. The fourth-order valence-corrected chi connectivity index (χ4v) is 7.83. The number of unbranched alkanes of at least 4 members (excludes halogenated alkanes) is 2. The lowest BCUT2D eigenvalue weighted by atomic mass is 9.75. The molecule has 1 aromatic heterocycles. The van der Waals surface area contributed by atoms with E-state index in [9.17, 15) is 9.59 Å². The number of methoxy groups -OCH3 is 2. The van der Waals surface area contributed by atoms with E-state index in [0.29, 0.717) is 35.2 Å². The van der Waals surface area contributed by atoms with Crippen molar-refractivity contribution < 1.29 is 23.8 Å². The van der Waals surface area contributed by atoms with Gasteiger partial charge in [-0.1, -0.05) is 47.5 Å². The molecule has 1 fully saturated rings. The molecule has 0 spiro atoms. The first-order chi connectivity index (χ1) is 26.5. The highest BCUT2D eigenvalue weighted by molar-refractivity contribution is 6.29. The molecule has 2 heterocycles. The number of allylic oxidation sites excluding steroid dienone is 1. The number of benzene rings is 2. The zero-order valence-electron chi connectivity index (χ0n) is 34.0. The van der Waals surface area contributed by atoms with Gasteiger partial charge in [0.05, 0.1) is 38.6 Å². The number of hydrogen-bond donors (Lipinski definition) is 0. The van der Waals surface area contributed by atoms with Crippen LogP contribution in [0.3, 0.4) is 0 Å². The zero-order valence-corrected chi connectivity index (χ0v) is 34.0. The summed E-state index contributed by atoms with van der Waals surface area (Å²) in [7, 11) is 3.14. The number of amides is 1. The van der Waals surface area contributed by atoms with Crippen molar-refractivity contribution in [3.05, 3.63) is 64.9 Å². The Morgan fingerprint density at radius 2 is 1.67 bits per heavy atom. The summed E-state index contributed by atoms with van der Waals surface area (Å²) in [5, 5.41) is 4.82. The highest BCUT2D eigenvalue weighted by Gasteiger charge is 2.41. The van der Waals surface area contributed by atoms with E-state index < -0.39 is 5.97 Å². The third kappa shape index (κ3) is 9.04. The monoisotopic (exact) mass is 751 g/mol. The Kier molecular flexibility index (Phi) is 13.7. The third-order valence-electron chi connectivity index (χ3n) is 10.8. The predicted molar refractivity (Wildman–Crippen MR) is 217 cm³/mol. The van der Waals surface area contributed by atoms with Crippen LogP contribution < -0.4 is 14.4 Å². The second-order valence-electron chi connectivity index (χ2n) is 15.0. The number of aliphatic imine (C=N–C) groups is 1. The smallest absolute Gasteiger partial charge is 0.331 e. The number of esters is 1. The third-order valence-corrected chi connectivity index (χ3v) is 10.8. The van der Waals surface area contributed by atoms with E-state index in [0.717, 1.165) is 62.9 Å². The summed E-state index contributed by atoms with van der Waals surface area (Å²) in [5.41, 5.74) is 2.95. The van der Waals surface area contributed by atoms with Crippen molar-refractivity contribution in [2.75, 3.05) is 45.3 Å².